The maximum atomic E-state index is 12.1. The summed E-state index contributed by atoms with van der Waals surface area (Å²) in [6, 6.07) is 7.20. The minimum absolute atomic E-state index is 0.380. The van der Waals surface area contributed by atoms with E-state index < -0.39 is 6.10 Å². The molecule has 0 fully saturated rings. The van der Waals surface area contributed by atoms with E-state index in [2.05, 4.69) is 23.8 Å². The summed E-state index contributed by atoms with van der Waals surface area (Å²) in [6.07, 6.45) is 8.39. The summed E-state index contributed by atoms with van der Waals surface area (Å²) in [4.78, 5) is 20.9. The molecule has 0 radical (unpaired) electrons. The number of benzene rings is 1. The van der Waals surface area contributed by atoms with Gasteiger partial charge in [0.25, 0.3) is 0 Å². The summed E-state index contributed by atoms with van der Waals surface area (Å²) < 4.78 is 10.9. The molecule has 0 bridgehead atoms. The Morgan fingerprint density at radius 2 is 1.73 bits per heavy atom. The van der Waals surface area contributed by atoms with E-state index in [4.69, 9.17) is 9.47 Å². The third-order valence-corrected chi connectivity index (χ3v) is 4.02. The van der Waals surface area contributed by atoms with Crippen LogP contribution in [0.25, 0.3) is 11.4 Å². The lowest BCUT2D eigenvalue weighted by Crippen LogP contribution is -2.26. The number of hydrogen-bond donors (Lipinski definition) is 0. The molecule has 2 rings (SSSR count). The smallest absolute Gasteiger partial charge is 0.340 e. The fourth-order valence-corrected chi connectivity index (χ4v) is 2.47. The van der Waals surface area contributed by atoms with Gasteiger partial charge >= 0.3 is 5.97 Å². The number of aromatic nitrogens is 2. The molecule has 0 saturated heterocycles. The molecule has 2 aromatic rings. The molecule has 1 unspecified atom stereocenters. The number of rotatable bonds is 10. The quantitative estimate of drug-likeness (QED) is 0.354. The number of nitrogens with zero attached hydrogens (tertiary/aromatic N) is 2. The highest BCUT2D eigenvalue weighted by Gasteiger charge is 2.15. The van der Waals surface area contributed by atoms with Crippen molar-refractivity contribution in [1.29, 1.82) is 0 Å². The molecule has 5 heteroatoms. The van der Waals surface area contributed by atoms with Crippen molar-refractivity contribution in [3.05, 3.63) is 42.2 Å². The van der Waals surface area contributed by atoms with E-state index in [0.717, 1.165) is 43.2 Å². The lowest BCUT2D eigenvalue weighted by atomic mass is 10.2. The highest BCUT2D eigenvalue weighted by molar-refractivity contribution is 5.77. The maximum Gasteiger partial charge on any atom is 0.340 e. The fraction of sp³-hybridized carbons (Fsp3) is 0.476. The Morgan fingerprint density at radius 3 is 2.35 bits per heavy atom. The minimum atomic E-state index is -0.569. The number of carbonyl (C=O) groups excluding carboxylic acids is 1. The number of unbranched alkanes of at least 4 members (excludes halogenated alkanes) is 2. The van der Waals surface area contributed by atoms with Gasteiger partial charge in [0.2, 0.25) is 0 Å². The van der Waals surface area contributed by atoms with Gasteiger partial charge in [-0.15, -0.1) is 0 Å². The number of esters is 1. The van der Waals surface area contributed by atoms with Crippen LogP contribution in [0.2, 0.25) is 0 Å². The zero-order valence-corrected chi connectivity index (χ0v) is 15.9. The second-order valence-corrected chi connectivity index (χ2v) is 6.33. The molecule has 0 spiro atoms. The van der Waals surface area contributed by atoms with Crippen LogP contribution < -0.4 is 4.74 Å². The van der Waals surface area contributed by atoms with Gasteiger partial charge in [-0.05, 0) is 49.6 Å². The zero-order chi connectivity index (χ0) is 18.8. The Bertz CT molecular complexity index is 669. The number of carbonyl (C=O) groups is 1. The molecule has 1 atom stereocenters. The molecule has 0 aliphatic rings. The standard InChI is InChI=1S/C21H28N2O3/c1-4-6-7-13-25-16(3)21(24)26-19-11-9-18(10-12-19)20-22-14-17(8-5-2)15-23-20/h9-12,14-16H,4-8,13H2,1-3H3. The number of ether oxygens (including phenoxy) is 2. The van der Waals surface area contributed by atoms with Gasteiger partial charge in [-0.25, -0.2) is 14.8 Å². The summed E-state index contributed by atoms with van der Waals surface area (Å²) in [5.41, 5.74) is 2.02. The summed E-state index contributed by atoms with van der Waals surface area (Å²) in [6.45, 7) is 6.56. The third-order valence-electron chi connectivity index (χ3n) is 4.02. The normalized spacial score (nSPS) is 12.0. The Kier molecular flexibility index (Phi) is 8.22. The van der Waals surface area contributed by atoms with Crippen LogP contribution in [0.15, 0.2) is 36.7 Å². The van der Waals surface area contributed by atoms with Crippen LogP contribution in [0.3, 0.4) is 0 Å². The molecule has 0 aliphatic heterocycles. The van der Waals surface area contributed by atoms with Gasteiger partial charge in [0, 0.05) is 24.6 Å². The van der Waals surface area contributed by atoms with Gasteiger partial charge in [0.05, 0.1) is 0 Å². The molecule has 1 aromatic carbocycles. The molecule has 1 aromatic heterocycles. The van der Waals surface area contributed by atoms with E-state index in [9.17, 15) is 4.79 Å². The largest absolute Gasteiger partial charge is 0.425 e. The van der Waals surface area contributed by atoms with Crippen LogP contribution in [0, 0.1) is 0 Å². The summed E-state index contributed by atoms with van der Waals surface area (Å²) in [5, 5.41) is 0. The van der Waals surface area contributed by atoms with Crippen molar-refractivity contribution < 1.29 is 14.3 Å². The van der Waals surface area contributed by atoms with Gasteiger partial charge in [0.1, 0.15) is 5.75 Å². The van der Waals surface area contributed by atoms with Crippen LogP contribution >= 0.6 is 0 Å². The zero-order valence-electron chi connectivity index (χ0n) is 15.9. The molecule has 0 saturated carbocycles. The van der Waals surface area contributed by atoms with Crippen LogP contribution in [-0.4, -0.2) is 28.6 Å². The fourth-order valence-electron chi connectivity index (χ4n) is 2.47. The van der Waals surface area contributed by atoms with Gasteiger partial charge in [-0.2, -0.15) is 0 Å². The average Bonchev–Trinajstić information content (AvgIpc) is 2.66. The molecule has 0 aliphatic carbocycles. The maximum absolute atomic E-state index is 12.1. The molecule has 0 N–H and O–H groups in total. The topological polar surface area (TPSA) is 61.3 Å². The van der Waals surface area contributed by atoms with Crippen molar-refractivity contribution in [2.75, 3.05) is 6.61 Å². The van der Waals surface area contributed by atoms with Crippen LogP contribution in [0.1, 0.15) is 52.0 Å². The van der Waals surface area contributed by atoms with Crippen molar-refractivity contribution in [3.63, 3.8) is 0 Å². The van der Waals surface area contributed by atoms with Crippen molar-refractivity contribution in [2.24, 2.45) is 0 Å². The molecule has 0 amide bonds. The van der Waals surface area contributed by atoms with E-state index >= 15 is 0 Å². The minimum Gasteiger partial charge on any atom is -0.425 e. The Morgan fingerprint density at radius 1 is 1.04 bits per heavy atom. The third kappa shape index (κ3) is 6.23. The first-order valence-electron chi connectivity index (χ1n) is 9.38. The van der Waals surface area contributed by atoms with E-state index in [-0.39, 0.29) is 5.97 Å². The Labute approximate surface area is 155 Å². The predicted octanol–water partition coefficient (Wildman–Crippen LogP) is 4.60. The molecule has 140 valence electrons. The van der Waals surface area contributed by atoms with Crippen LogP contribution in [0.5, 0.6) is 5.75 Å². The SMILES string of the molecule is CCCCCOC(C)C(=O)Oc1ccc(-c2ncc(CCC)cn2)cc1. The Hall–Kier alpha value is -2.27. The summed E-state index contributed by atoms with van der Waals surface area (Å²) >= 11 is 0. The van der Waals surface area contributed by atoms with Crippen molar-refractivity contribution in [2.45, 2.75) is 59.0 Å². The monoisotopic (exact) mass is 356 g/mol. The lowest BCUT2D eigenvalue weighted by Gasteiger charge is -2.12. The van der Waals surface area contributed by atoms with E-state index in [0.29, 0.717) is 18.2 Å². The first kappa shape index (κ1) is 20.0. The second kappa shape index (κ2) is 10.7. The summed E-state index contributed by atoms with van der Waals surface area (Å²) in [5.74, 6) is 0.773. The Balaban J connectivity index is 1.89. The van der Waals surface area contributed by atoms with Crippen molar-refractivity contribution >= 4 is 5.97 Å². The van der Waals surface area contributed by atoms with Crippen LogP contribution in [-0.2, 0) is 16.0 Å². The number of aryl methyl sites for hydroxylation is 1. The predicted molar refractivity (Wildman–Crippen MR) is 102 cm³/mol. The van der Waals surface area contributed by atoms with Crippen molar-refractivity contribution in [1.82, 2.24) is 9.97 Å². The molecular weight excluding hydrogens is 328 g/mol. The van der Waals surface area contributed by atoms with Crippen molar-refractivity contribution in [3.8, 4) is 17.1 Å². The molecule has 26 heavy (non-hydrogen) atoms. The average molecular weight is 356 g/mol. The molecular formula is C21H28N2O3. The summed E-state index contributed by atoms with van der Waals surface area (Å²) in [7, 11) is 0. The van der Waals surface area contributed by atoms with E-state index in [1.807, 2.05) is 24.5 Å². The second-order valence-electron chi connectivity index (χ2n) is 6.33. The lowest BCUT2D eigenvalue weighted by molar-refractivity contribution is -0.146. The first-order valence-corrected chi connectivity index (χ1v) is 9.38. The molecule has 1 heterocycles. The van der Waals surface area contributed by atoms with Crippen LogP contribution in [0.4, 0.5) is 0 Å². The van der Waals surface area contributed by atoms with E-state index in [1.165, 1.54) is 0 Å². The van der Waals surface area contributed by atoms with Gasteiger partial charge in [-0.1, -0.05) is 33.1 Å². The van der Waals surface area contributed by atoms with Gasteiger partial charge in [0.15, 0.2) is 11.9 Å². The highest BCUT2D eigenvalue weighted by Crippen LogP contribution is 2.20. The highest BCUT2D eigenvalue weighted by atomic mass is 16.6. The number of hydrogen-bond acceptors (Lipinski definition) is 5. The van der Waals surface area contributed by atoms with Gasteiger partial charge < -0.3 is 9.47 Å². The van der Waals surface area contributed by atoms with E-state index in [1.54, 1.807) is 19.1 Å². The first-order chi connectivity index (χ1) is 12.6. The van der Waals surface area contributed by atoms with Gasteiger partial charge in [-0.3, -0.25) is 0 Å². The molecule has 5 nitrogen and oxygen atoms in total.